The molecule has 1 aliphatic rings. The van der Waals surface area contributed by atoms with Crippen LogP contribution in [0.5, 0.6) is 0 Å². The average Bonchev–Trinajstić information content (AvgIpc) is 2.87. The predicted octanol–water partition coefficient (Wildman–Crippen LogP) is 1.58. The minimum Gasteiger partial charge on any atom is -0.379 e. The van der Waals surface area contributed by atoms with E-state index in [1.165, 1.54) is 0 Å². The lowest BCUT2D eigenvalue weighted by Gasteiger charge is -2.13. The van der Waals surface area contributed by atoms with Gasteiger partial charge in [-0.1, -0.05) is 11.6 Å². The zero-order valence-electron chi connectivity index (χ0n) is 8.56. The summed E-state index contributed by atoms with van der Waals surface area (Å²) >= 11 is 5.94. The first-order chi connectivity index (χ1) is 7.83. The van der Waals surface area contributed by atoms with Crippen molar-refractivity contribution in [2.24, 2.45) is 0 Å². The van der Waals surface area contributed by atoms with E-state index in [1.807, 2.05) is 6.07 Å². The van der Waals surface area contributed by atoms with E-state index in [2.05, 4.69) is 15.4 Å². The summed E-state index contributed by atoms with van der Waals surface area (Å²) in [5.41, 5.74) is 0.744. The number of halogens is 1. The molecule has 3 heterocycles. The van der Waals surface area contributed by atoms with Crippen LogP contribution in [0.15, 0.2) is 18.3 Å². The van der Waals surface area contributed by atoms with E-state index in [0.29, 0.717) is 11.2 Å². The van der Waals surface area contributed by atoms with Crippen molar-refractivity contribution in [2.75, 3.05) is 18.5 Å². The molecule has 1 N–H and O–H groups in total. The summed E-state index contributed by atoms with van der Waals surface area (Å²) < 4.78 is 7.05. The van der Waals surface area contributed by atoms with Crippen LogP contribution in [0.2, 0.25) is 5.15 Å². The van der Waals surface area contributed by atoms with Crippen LogP contribution in [0.1, 0.15) is 6.42 Å². The summed E-state index contributed by atoms with van der Waals surface area (Å²) in [6.07, 6.45) is 2.71. The third-order valence-corrected chi connectivity index (χ3v) is 2.80. The fourth-order valence-corrected chi connectivity index (χ4v) is 2.03. The Balaban J connectivity index is 1.97. The Morgan fingerprint density at radius 1 is 1.56 bits per heavy atom. The van der Waals surface area contributed by atoms with Gasteiger partial charge in [-0.05, 0) is 6.42 Å². The van der Waals surface area contributed by atoms with Gasteiger partial charge in [0, 0.05) is 18.7 Å². The molecule has 0 aliphatic carbocycles. The van der Waals surface area contributed by atoms with Crippen LogP contribution in [0.4, 0.5) is 5.82 Å². The molecule has 84 valence electrons. The quantitative estimate of drug-likeness (QED) is 0.808. The van der Waals surface area contributed by atoms with E-state index in [4.69, 9.17) is 16.3 Å². The zero-order valence-corrected chi connectivity index (χ0v) is 9.31. The molecule has 0 radical (unpaired) electrons. The summed E-state index contributed by atoms with van der Waals surface area (Å²) in [6, 6.07) is 3.92. The number of nitrogens with one attached hydrogen (secondary N) is 1. The molecule has 1 unspecified atom stereocenters. The highest BCUT2D eigenvalue weighted by Gasteiger charge is 2.17. The molecule has 1 atom stereocenters. The Bertz CT molecular complexity index is 506. The molecule has 0 bridgehead atoms. The summed E-state index contributed by atoms with van der Waals surface area (Å²) in [6.45, 7) is 1.53. The van der Waals surface area contributed by atoms with E-state index < -0.39 is 0 Å². The second-order valence-corrected chi connectivity index (χ2v) is 4.16. The topological polar surface area (TPSA) is 51.5 Å². The fraction of sp³-hybridized carbons (Fsp3) is 0.400. The van der Waals surface area contributed by atoms with Gasteiger partial charge in [0.2, 0.25) is 0 Å². The number of nitrogens with zero attached hydrogens (tertiary/aromatic N) is 3. The van der Waals surface area contributed by atoms with Crippen LogP contribution in [0, 0.1) is 0 Å². The van der Waals surface area contributed by atoms with Crippen LogP contribution in [-0.4, -0.2) is 33.9 Å². The normalized spacial score (nSPS) is 20.4. The third-order valence-electron chi connectivity index (χ3n) is 2.61. The van der Waals surface area contributed by atoms with Crippen molar-refractivity contribution in [3.63, 3.8) is 0 Å². The summed E-state index contributed by atoms with van der Waals surface area (Å²) in [5, 5.41) is 8.02. The van der Waals surface area contributed by atoms with Gasteiger partial charge in [-0.15, -0.1) is 0 Å². The van der Waals surface area contributed by atoms with Gasteiger partial charge in [-0.2, -0.15) is 9.61 Å². The van der Waals surface area contributed by atoms with Crippen LogP contribution in [-0.2, 0) is 4.74 Å². The van der Waals surface area contributed by atoms with Gasteiger partial charge >= 0.3 is 0 Å². The number of ether oxygens (including phenoxy) is 1. The van der Waals surface area contributed by atoms with E-state index >= 15 is 0 Å². The molecule has 2 aromatic heterocycles. The van der Waals surface area contributed by atoms with E-state index in [-0.39, 0.29) is 0 Å². The van der Waals surface area contributed by atoms with Crippen molar-refractivity contribution in [1.82, 2.24) is 14.6 Å². The first-order valence-corrected chi connectivity index (χ1v) is 5.55. The molecule has 1 aliphatic heterocycles. The number of fused-ring (bicyclic) bond motifs is 1. The molecule has 5 nitrogen and oxygen atoms in total. The molecule has 0 amide bonds. The van der Waals surface area contributed by atoms with Crippen molar-refractivity contribution in [2.45, 2.75) is 12.5 Å². The molecule has 6 heteroatoms. The molecular weight excluding hydrogens is 228 g/mol. The fourth-order valence-electron chi connectivity index (χ4n) is 1.84. The summed E-state index contributed by atoms with van der Waals surface area (Å²) in [4.78, 5) is 4.17. The van der Waals surface area contributed by atoms with Gasteiger partial charge in [0.05, 0.1) is 18.8 Å². The third kappa shape index (κ3) is 1.72. The van der Waals surface area contributed by atoms with Gasteiger partial charge in [0.1, 0.15) is 11.0 Å². The Hall–Kier alpha value is -1.33. The number of hydrogen-bond donors (Lipinski definition) is 1. The van der Waals surface area contributed by atoms with E-state index in [9.17, 15) is 0 Å². The maximum atomic E-state index is 5.94. The van der Waals surface area contributed by atoms with E-state index in [1.54, 1.807) is 16.8 Å². The number of rotatable bonds is 2. The molecule has 16 heavy (non-hydrogen) atoms. The number of anilines is 1. The minimum absolute atomic E-state index is 0.325. The second kappa shape index (κ2) is 3.92. The summed E-state index contributed by atoms with van der Waals surface area (Å²) in [7, 11) is 0. The van der Waals surface area contributed by atoms with Gasteiger partial charge in [-0.3, -0.25) is 0 Å². The first-order valence-electron chi connectivity index (χ1n) is 5.17. The smallest absolute Gasteiger partial charge is 0.159 e. The Labute approximate surface area is 97.4 Å². The monoisotopic (exact) mass is 238 g/mol. The second-order valence-electron chi connectivity index (χ2n) is 3.77. The Kier molecular flexibility index (Phi) is 2.41. The lowest BCUT2D eigenvalue weighted by molar-refractivity contribution is 0.195. The minimum atomic E-state index is 0.325. The van der Waals surface area contributed by atoms with Crippen molar-refractivity contribution >= 4 is 23.1 Å². The molecule has 0 spiro atoms. The van der Waals surface area contributed by atoms with Gasteiger partial charge in [0.15, 0.2) is 5.65 Å². The molecule has 3 rings (SSSR count). The van der Waals surface area contributed by atoms with Crippen LogP contribution >= 0.6 is 11.6 Å². The van der Waals surface area contributed by atoms with Crippen LogP contribution < -0.4 is 5.32 Å². The van der Waals surface area contributed by atoms with Crippen molar-refractivity contribution in [3.05, 3.63) is 23.5 Å². The van der Waals surface area contributed by atoms with Gasteiger partial charge < -0.3 is 10.1 Å². The predicted molar refractivity (Wildman–Crippen MR) is 60.8 cm³/mol. The molecular formula is C10H11ClN4O. The SMILES string of the molecule is Clc1cc(NC2CCOC2)n2nccc2n1. The van der Waals surface area contributed by atoms with E-state index in [0.717, 1.165) is 31.1 Å². The molecule has 2 aromatic rings. The maximum absolute atomic E-state index is 5.94. The molecule has 0 saturated carbocycles. The number of aromatic nitrogens is 3. The lowest BCUT2D eigenvalue weighted by Crippen LogP contribution is -2.21. The molecule has 1 saturated heterocycles. The zero-order chi connectivity index (χ0) is 11.0. The average molecular weight is 239 g/mol. The highest BCUT2D eigenvalue weighted by atomic mass is 35.5. The maximum Gasteiger partial charge on any atom is 0.159 e. The van der Waals surface area contributed by atoms with Gasteiger partial charge in [-0.25, -0.2) is 4.98 Å². The van der Waals surface area contributed by atoms with Crippen molar-refractivity contribution in [3.8, 4) is 0 Å². The number of hydrogen-bond acceptors (Lipinski definition) is 4. The van der Waals surface area contributed by atoms with Gasteiger partial charge in [0.25, 0.3) is 0 Å². The standard InChI is InChI=1S/C10H11ClN4O/c11-8-5-10(13-7-2-4-16-6-7)15-9(14-8)1-3-12-15/h1,3,5,7,13H,2,4,6H2. The molecule has 1 fully saturated rings. The van der Waals surface area contributed by atoms with Crippen molar-refractivity contribution < 1.29 is 4.74 Å². The highest BCUT2D eigenvalue weighted by molar-refractivity contribution is 6.29. The van der Waals surface area contributed by atoms with Crippen LogP contribution in [0.25, 0.3) is 5.65 Å². The summed E-state index contributed by atoms with van der Waals surface area (Å²) in [5.74, 6) is 0.857. The highest BCUT2D eigenvalue weighted by Crippen LogP contribution is 2.18. The lowest BCUT2D eigenvalue weighted by atomic mass is 10.2. The van der Waals surface area contributed by atoms with Crippen molar-refractivity contribution in [1.29, 1.82) is 0 Å². The molecule has 0 aromatic carbocycles. The largest absolute Gasteiger partial charge is 0.379 e. The Morgan fingerprint density at radius 2 is 2.50 bits per heavy atom. The first kappa shape index (κ1) is 9.86. The Morgan fingerprint density at radius 3 is 3.31 bits per heavy atom. The van der Waals surface area contributed by atoms with Crippen LogP contribution in [0.3, 0.4) is 0 Å².